The molecular formula is C70H105Ac2F6KO18S4. The molecule has 0 aliphatic carbocycles. The van der Waals surface area contributed by atoms with Crippen LogP contribution in [0.3, 0.4) is 0 Å². The van der Waals surface area contributed by atoms with Crippen LogP contribution in [0.4, 0.5) is 26.3 Å². The Hall–Kier alpha value is -1.85. The predicted molar refractivity (Wildman–Crippen MR) is 384 cm³/mol. The van der Waals surface area contributed by atoms with Crippen molar-refractivity contribution in [1.82, 2.24) is 0 Å². The van der Waals surface area contributed by atoms with Crippen molar-refractivity contribution in [1.29, 1.82) is 0 Å². The number of esters is 2. The third-order valence-corrected chi connectivity index (χ3v) is 15.5. The average Bonchev–Trinajstić information content (AvgIpc) is 1.71. The number of rotatable bonds is 39. The molecule has 0 saturated carbocycles. The third-order valence-electron chi connectivity index (χ3n) is 11.8. The SMILES string of the molecule is C.C.C.C.C.COC(=O)CCc1ccc(O)cc1.COC(=O)CCc1ccc(OCCSCCO)cc1.O=C(CCc1ccc(OCCSCCO)cc1)C(F)(F)F.O=C(CCc1ccc(OCCSCCO)cc1)C(F)(F)F.O=C(O)CCc1ccc(OCCSCCO)cc1.[Ac].[Ac].[K+].[OH-]. The van der Waals surface area contributed by atoms with Gasteiger partial charge in [0.2, 0.25) is 11.6 Å². The van der Waals surface area contributed by atoms with Crippen LogP contribution in [0.25, 0.3) is 0 Å². The van der Waals surface area contributed by atoms with E-state index in [1.807, 2.05) is 48.5 Å². The number of phenols is 1. The molecule has 18 nitrogen and oxygen atoms in total. The topological polar surface area (TPSA) is 292 Å². The van der Waals surface area contributed by atoms with Crippen LogP contribution in [0.15, 0.2) is 121 Å². The molecule has 0 bridgehead atoms. The van der Waals surface area contributed by atoms with Crippen LogP contribution >= 0.6 is 47.0 Å². The minimum Gasteiger partial charge on any atom is -0.870 e. The van der Waals surface area contributed by atoms with E-state index < -0.39 is 42.7 Å². The number of carbonyl (C=O) groups is 5. The van der Waals surface area contributed by atoms with Crippen molar-refractivity contribution in [2.45, 2.75) is 114 Å². The number of phenolic OH excluding ortho intramolecular Hbond substituents is 1. The number of Topliss-reactive ketones (excluding diaryl/α,β-unsaturated/α-hetero) is 2. The Bertz CT molecular complexity index is 2670. The first-order valence-corrected chi connectivity index (χ1v) is 33.6. The van der Waals surface area contributed by atoms with Crippen molar-refractivity contribution >= 4 is 76.5 Å². The fourth-order valence-corrected chi connectivity index (χ4v) is 9.10. The molecule has 0 spiro atoms. The standard InChI is InChI=1S/2C14H17F3O3S.C14H20O4S.C13H18O4S.C10H12O3.5CH4.2Ac.K.H2O/c2*15-14(16,17)13(19)6-3-11-1-4-12(5-2-11)20-8-10-21-9-7-18;1-17-14(16)7-4-12-2-5-13(6-3-12)18-9-11-19-10-8-15;14-7-9-18-10-8-17-12-4-1-11(2-5-12)3-6-13(15)16;1-13-10(12)7-4-8-2-5-9(11)6-3-8;;;;;;;;;/h2*1-2,4-5,18H,3,6-10H2;2-3,5-6,15H,4,7-11H2,1H3;1-2,4-5,14H,3,6-10H2,(H,15,16);2-3,5-6,11H,4,7H2,1H3;5*1H4;;;;1H2/q;;;;;;;;;;;;+1;/p-1. The van der Waals surface area contributed by atoms with Crippen LogP contribution in [-0.4, -0.2) is 191 Å². The van der Waals surface area contributed by atoms with Gasteiger partial charge in [-0.25, -0.2) is 0 Å². The summed E-state index contributed by atoms with van der Waals surface area (Å²) in [5, 5.41) is 52.0. The second-order valence-electron chi connectivity index (χ2n) is 18.9. The molecule has 0 aliphatic rings. The smallest absolute Gasteiger partial charge is 0.870 e. The van der Waals surface area contributed by atoms with Gasteiger partial charge >= 0.3 is 81.6 Å². The van der Waals surface area contributed by atoms with Crippen LogP contribution in [0, 0.1) is 88.1 Å². The molecule has 7 N–H and O–H groups in total. The zero-order valence-electron chi connectivity index (χ0n) is 54.1. The van der Waals surface area contributed by atoms with Gasteiger partial charge in [0.1, 0.15) is 28.7 Å². The number of carboxylic acids is 1. The van der Waals surface area contributed by atoms with E-state index in [-0.39, 0.29) is 245 Å². The maximum Gasteiger partial charge on any atom is 1.00 e. The predicted octanol–water partition coefficient (Wildman–Crippen LogP) is 10.9. The molecule has 0 amide bonds. The van der Waals surface area contributed by atoms with Gasteiger partial charge in [-0.05, 0) is 121 Å². The van der Waals surface area contributed by atoms with Gasteiger partial charge in [0.25, 0.3) is 0 Å². The first-order valence-electron chi connectivity index (χ1n) is 29.0. The summed E-state index contributed by atoms with van der Waals surface area (Å²) in [6.45, 7) is 2.91. The van der Waals surface area contributed by atoms with E-state index in [4.69, 9.17) is 49.6 Å². The van der Waals surface area contributed by atoms with E-state index in [9.17, 15) is 50.3 Å². The Balaban J connectivity index is -0.000000147. The number of methoxy groups -OCH3 is 2. The molecule has 0 atom stereocenters. The molecule has 5 aromatic rings. The molecule has 5 rings (SSSR count). The van der Waals surface area contributed by atoms with Crippen LogP contribution < -0.4 is 70.3 Å². The quantitative estimate of drug-likeness (QED) is 0.00922. The number of carbonyl (C=O) groups excluding carboxylic acids is 4. The van der Waals surface area contributed by atoms with Gasteiger partial charge in [0.15, 0.2) is 0 Å². The Labute approximate surface area is 726 Å². The molecule has 2 radical (unpaired) electrons. The molecule has 0 aliphatic heterocycles. The van der Waals surface area contributed by atoms with Gasteiger partial charge in [-0.3, -0.25) is 24.0 Å². The minimum atomic E-state index is -4.75. The Morgan fingerprint density at radius 3 is 0.772 bits per heavy atom. The first kappa shape index (κ1) is 118. The second-order valence-corrected chi connectivity index (χ2v) is 23.8. The van der Waals surface area contributed by atoms with Gasteiger partial charge < -0.3 is 64.5 Å². The number of halogens is 6. The fourth-order valence-electron chi connectivity index (χ4n) is 6.96. The number of ketones is 2. The van der Waals surface area contributed by atoms with E-state index in [0.29, 0.717) is 92.7 Å². The van der Waals surface area contributed by atoms with Crippen molar-refractivity contribution in [2.24, 2.45) is 0 Å². The van der Waals surface area contributed by atoms with Crippen LogP contribution in [0.1, 0.15) is 97.1 Å². The molecule has 0 saturated heterocycles. The number of ether oxygens (including phenoxy) is 6. The minimum absolute atomic E-state index is 0. The van der Waals surface area contributed by atoms with E-state index in [1.165, 1.54) is 14.2 Å². The largest absolute Gasteiger partial charge is 1.00 e. The summed E-state index contributed by atoms with van der Waals surface area (Å²) in [5.41, 5.74) is 4.43. The van der Waals surface area contributed by atoms with Crippen LogP contribution in [-0.2, 0) is 65.6 Å². The van der Waals surface area contributed by atoms with Gasteiger partial charge in [-0.15, -0.1) is 0 Å². The van der Waals surface area contributed by atoms with E-state index in [2.05, 4.69) is 9.47 Å². The van der Waals surface area contributed by atoms with E-state index in [1.54, 1.807) is 120 Å². The number of aliphatic carboxylic acids is 1. The number of aromatic hydroxyl groups is 1. The van der Waals surface area contributed by atoms with Gasteiger partial charge in [0.05, 0.1) is 67.1 Å². The second kappa shape index (κ2) is 75.0. The van der Waals surface area contributed by atoms with Crippen molar-refractivity contribution < 1.29 is 254 Å². The third kappa shape index (κ3) is 66.1. The molecule has 31 heteroatoms. The Morgan fingerprint density at radius 2 is 0.574 bits per heavy atom. The van der Waals surface area contributed by atoms with Crippen LogP contribution in [0.2, 0.25) is 0 Å². The van der Waals surface area contributed by atoms with Gasteiger partial charge in [0, 0.05) is 166 Å². The Kier molecular flexibility index (Phi) is 87.3. The maximum absolute atomic E-state index is 12.1. The molecule has 0 aromatic heterocycles. The summed E-state index contributed by atoms with van der Waals surface area (Å²) in [6.07, 6.45) is -7.68. The average molecular weight is 1970 g/mol. The summed E-state index contributed by atoms with van der Waals surface area (Å²) < 4.78 is 103. The van der Waals surface area contributed by atoms with Gasteiger partial charge in [-0.2, -0.15) is 73.4 Å². The number of benzene rings is 5. The van der Waals surface area contributed by atoms with Gasteiger partial charge in [-0.1, -0.05) is 97.8 Å². The molecule has 0 unspecified atom stereocenters. The molecule has 0 heterocycles. The molecule has 101 heavy (non-hydrogen) atoms. The zero-order valence-corrected chi connectivity index (χ0v) is 70.0. The number of aryl methyl sites for hydroxylation is 5. The first-order chi connectivity index (χ1) is 44.1. The summed E-state index contributed by atoms with van der Waals surface area (Å²) in [4.78, 5) is 53.7. The maximum atomic E-state index is 12.1. The van der Waals surface area contributed by atoms with Crippen molar-refractivity contribution in [3.05, 3.63) is 149 Å². The van der Waals surface area contributed by atoms with E-state index >= 15 is 0 Å². The van der Waals surface area contributed by atoms with E-state index in [0.717, 1.165) is 62.7 Å². The number of thioether (sulfide) groups is 4. The summed E-state index contributed by atoms with van der Waals surface area (Å²) in [6, 6.07) is 35.3. The summed E-state index contributed by atoms with van der Waals surface area (Å²) in [5.74, 6) is 4.54. The zero-order chi connectivity index (χ0) is 68.3. The van der Waals surface area contributed by atoms with Crippen molar-refractivity contribution in [3.8, 4) is 28.7 Å². The molecule has 0 fully saturated rings. The molecule has 566 valence electrons. The molecule has 5 aromatic carbocycles. The number of alkyl halides is 6. The Morgan fingerprint density at radius 1 is 0.366 bits per heavy atom. The van der Waals surface area contributed by atoms with Crippen molar-refractivity contribution in [3.63, 3.8) is 0 Å². The number of hydrogen-bond donors (Lipinski definition) is 6. The number of aliphatic hydroxyl groups excluding tert-OH is 4. The number of carboxylic acid groups (broad SMARTS) is 1. The monoisotopic (exact) mass is 1970 g/mol. The fraction of sp³-hybridized carbons (Fsp3) is 0.500. The summed E-state index contributed by atoms with van der Waals surface area (Å²) >= 11 is 6.45. The van der Waals surface area contributed by atoms with Crippen LogP contribution in [0.5, 0.6) is 28.7 Å². The number of hydrogen-bond acceptors (Lipinski definition) is 21. The number of aliphatic hydroxyl groups is 4. The molecular weight excluding hydrogens is 1860 g/mol. The van der Waals surface area contributed by atoms with Crippen molar-refractivity contribution in [2.75, 3.05) is 113 Å². The summed E-state index contributed by atoms with van der Waals surface area (Å²) in [7, 11) is 2.77. The normalized spacial score (nSPS) is 9.74.